The summed E-state index contributed by atoms with van der Waals surface area (Å²) >= 11 is 0. The molecule has 0 saturated heterocycles. The van der Waals surface area contributed by atoms with E-state index in [1.807, 2.05) is 36.4 Å². The molecular formula is C59H43N3. The summed E-state index contributed by atoms with van der Waals surface area (Å²) in [5.41, 5.74) is 18.2. The van der Waals surface area contributed by atoms with E-state index in [2.05, 4.69) is 179 Å². The predicted octanol–water partition coefficient (Wildman–Crippen LogP) is 15.1. The van der Waals surface area contributed by atoms with Crippen molar-refractivity contribution in [2.45, 2.75) is 38.5 Å². The molecule has 3 nitrogen and oxygen atoms in total. The third kappa shape index (κ3) is 5.34. The second-order valence-corrected chi connectivity index (χ2v) is 17.9. The number of benzene rings is 9. The Labute approximate surface area is 362 Å². The highest BCUT2D eigenvalue weighted by Gasteiger charge is 2.38. The zero-order valence-electron chi connectivity index (χ0n) is 35.2. The molecule has 0 unspecified atom stereocenters. The van der Waals surface area contributed by atoms with Crippen LogP contribution in [0.25, 0.3) is 100 Å². The monoisotopic (exact) mass is 793 g/mol. The van der Waals surface area contributed by atoms with Crippen LogP contribution in [-0.2, 0) is 10.8 Å². The normalized spacial score (nSPS) is 14.1. The first-order valence-corrected chi connectivity index (χ1v) is 21.6. The average Bonchev–Trinajstić information content (AvgIpc) is 3.70. The van der Waals surface area contributed by atoms with E-state index in [1.54, 1.807) is 0 Å². The standard InChI is InChI=1S/C59H43N3/c1-58(2)49-28-16-14-25-45(49)53-46(26-17-29-50(53)58)52-42-23-11-12-24-43(42)54(57-61-55(36-18-7-5-8-19-36)60-56(62-57)37-20-9-6-10-21-37)44-33-31-38(34-47(44)52)39-30-32-41-40-22-13-15-27-48(40)59(3,4)51(41)35-39/h5-35H,1-4H3. The SMILES string of the molecule is CC1(C)c2ccccc2-c2ccc(-c3ccc4c(-c5nc(-c6ccccc6)nc(-c6ccccc6)n5)c5ccccc5c(-c5cccc6c5-c5ccccc5C6(C)C)c4c3)cc21. The van der Waals surface area contributed by atoms with E-state index in [4.69, 9.17) is 15.0 Å². The number of nitrogens with zero attached hydrogens (tertiary/aromatic N) is 3. The van der Waals surface area contributed by atoms with Crippen LogP contribution in [0.15, 0.2) is 188 Å². The molecule has 0 saturated carbocycles. The van der Waals surface area contributed by atoms with Crippen molar-refractivity contribution in [2.24, 2.45) is 0 Å². The maximum atomic E-state index is 5.34. The van der Waals surface area contributed by atoms with Gasteiger partial charge in [-0.2, -0.15) is 0 Å². The number of hydrogen-bond acceptors (Lipinski definition) is 3. The molecular weight excluding hydrogens is 751 g/mol. The number of aromatic nitrogens is 3. The van der Waals surface area contributed by atoms with Gasteiger partial charge in [-0.15, -0.1) is 0 Å². The zero-order chi connectivity index (χ0) is 41.7. The molecule has 0 fully saturated rings. The van der Waals surface area contributed by atoms with E-state index in [9.17, 15) is 0 Å². The van der Waals surface area contributed by atoms with Gasteiger partial charge in [-0.05, 0) is 100 Å². The summed E-state index contributed by atoms with van der Waals surface area (Å²) in [5, 5.41) is 4.53. The van der Waals surface area contributed by atoms with Crippen molar-refractivity contribution in [3.8, 4) is 78.7 Å². The number of hydrogen-bond donors (Lipinski definition) is 0. The summed E-state index contributed by atoms with van der Waals surface area (Å²) in [6.07, 6.45) is 0. The van der Waals surface area contributed by atoms with Gasteiger partial charge in [-0.3, -0.25) is 0 Å². The first-order valence-electron chi connectivity index (χ1n) is 21.6. The van der Waals surface area contributed by atoms with Crippen molar-refractivity contribution in [2.75, 3.05) is 0 Å². The Balaban J connectivity index is 1.18. The second-order valence-electron chi connectivity index (χ2n) is 17.9. The van der Waals surface area contributed by atoms with Crippen LogP contribution < -0.4 is 0 Å². The van der Waals surface area contributed by atoms with Crippen LogP contribution in [0.1, 0.15) is 49.9 Å². The summed E-state index contributed by atoms with van der Waals surface area (Å²) in [5.74, 6) is 1.95. The van der Waals surface area contributed by atoms with Crippen LogP contribution in [0.3, 0.4) is 0 Å². The van der Waals surface area contributed by atoms with E-state index < -0.39 is 0 Å². The van der Waals surface area contributed by atoms with E-state index in [1.165, 1.54) is 66.8 Å². The minimum absolute atomic E-state index is 0.107. The fourth-order valence-corrected chi connectivity index (χ4v) is 10.7. The van der Waals surface area contributed by atoms with Gasteiger partial charge in [0.1, 0.15) is 0 Å². The lowest BCUT2D eigenvalue weighted by atomic mass is 9.80. The molecule has 294 valence electrons. The molecule has 0 aliphatic heterocycles. The second kappa shape index (κ2) is 13.5. The molecule has 9 aromatic carbocycles. The minimum atomic E-state index is -0.139. The zero-order valence-corrected chi connectivity index (χ0v) is 35.2. The molecule has 0 bridgehead atoms. The quantitative estimate of drug-likeness (QED) is 0.163. The van der Waals surface area contributed by atoms with Crippen molar-refractivity contribution in [3.05, 3.63) is 210 Å². The molecule has 0 N–H and O–H groups in total. The molecule has 2 aliphatic rings. The van der Waals surface area contributed by atoms with Gasteiger partial charge in [-0.1, -0.05) is 204 Å². The fraction of sp³-hybridized carbons (Fsp3) is 0.102. The average molecular weight is 794 g/mol. The maximum Gasteiger partial charge on any atom is 0.165 e. The van der Waals surface area contributed by atoms with Crippen molar-refractivity contribution < 1.29 is 0 Å². The van der Waals surface area contributed by atoms with E-state index in [-0.39, 0.29) is 10.8 Å². The predicted molar refractivity (Wildman–Crippen MR) is 257 cm³/mol. The Kier molecular flexibility index (Phi) is 7.92. The van der Waals surface area contributed by atoms with Gasteiger partial charge in [0.15, 0.2) is 17.5 Å². The van der Waals surface area contributed by atoms with Gasteiger partial charge in [0.25, 0.3) is 0 Å². The van der Waals surface area contributed by atoms with Gasteiger partial charge in [0.05, 0.1) is 0 Å². The molecule has 62 heavy (non-hydrogen) atoms. The molecule has 0 radical (unpaired) electrons. The molecule has 0 atom stereocenters. The van der Waals surface area contributed by atoms with Gasteiger partial charge >= 0.3 is 0 Å². The smallest absolute Gasteiger partial charge is 0.165 e. The third-order valence-corrected chi connectivity index (χ3v) is 13.7. The van der Waals surface area contributed by atoms with Gasteiger partial charge in [0.2, 0.25) is 0 Å². The van der Waals surface area contributed by atoms with E-state index in [0.29, 0.717) is 17.5 Å². The summed E-state index contributed by atoms with van der Waals surface area (Å²) < 4.78 is 0. The van der Waals surface area contributed by atoms with Gasteiger partial charge in [0, 0.05) is 27.5 Å². The molecule has 1 aromatic heterocycles. The van der Waals surface area contributed by atoms with Crippen LogP contribution in [0.5, 0.6) is 0 Å². The maximum absolute atomic E-state index is 5.34. The molecule has 0 amide bonds. The lowest BCUT2D eigenvalue weighted by molar-refractivity contribution is 0.660. The van der Waals surface area contributed by atoms with Crippen molar-refractivity contribution >= 4 is 21.5 Å². The van der Waals surface area contributed by atoms with Gasteiger partial charge < -0.3 is 0 Å². The van der Waals surface area contributed by atoms with Crippen molar-refractivity contribution in [1.82, 2.24) is 15.0 Å². The Bertz CT molecular complexity index is 3400. The Morgan fingerprint density at radius 2 is 0.742 bits per heavy atom. The molecule has 0 spiro atoms. The lowest BCUT2D eigenvalue weighted by Crippen LogP contribution is -2.14. The minimum Gasteiger partial charge on any atom is -0.208 e. The Morgan fingerprint density at radius 3 is 1.44 bits per heavy atom. The first-order chi connectivity index (χ1) is 30.3. The molecule has 2 aliphatic carbocycles. The fourth-order valence-electron chi connectivity index (χ4n) is 10.7. The highest BCUT2D eigenvalue weighted by atomic mass is 15.0. The molecule has 1 heterocycles. The molecule has 3 heteroatoms. The van der Waals surface area contributed by atoms with E-state index in [0.717, 1.165) is 38.2 Å². The third-order valence-electron chi connectivity index (χ3n) is 13.7. The molecule has 12 rings (SSSR count). The lowest BCUT2D eigenvalue weighted by Gasteiger charge is -2.23. The highest BCUT2D eigenvalue weighted by molar-refractivity contribution is 6.23. The van der Waals surface area contributed by atoms with Gasteiger partial charge in [-0.25, -0.2) is 15.0 Å². The number of fused-ring (bicyclic) bond motifs is 8. The number of rotatable bonds is 5. The van der Waals surface area contributed by atoms with Crippen LogP contribution in [-0.4, -0.2) is 15.0 Å². The summed E-state index contributed by atoms with van der Waals surface area (Å²) in [6, 6.07) is 68.3. The van der Waals surface area contributed by atoms with Crippen molar-refractivity contribution in [3.63, 3.8) is 0 Å². The highest BCUT2D eigenvalue weighted by Crippen LogP contribution is 2.55. The van der Waals surface area contributed by atoms with Crippen LogP contribution >= 0.6 is 0 Å². The largest absolute Gasteiger partial charge is 0.208 e. The Hall–Kier alpha value is -7.49. The molecule has 10 aromatic rings. The van der Waals surface area contributed by atoms with Crippen LogP contribution in [0, 0.1) is 0 Å². The first kappa shape index (κ1) is 36.4. The Morgan fingerprint density at radius 1 is 0.274 bits per heavy atom. The topological polar surface area (TPSA) is 38.7 Å². The van der Waals surface area contributed by atoms with E-state index >= 15 is 0 Å². The summed E-state index contributed by atoms with van der Waals surface area (Å²) in [4.78, 5) is 15.8. The summed E-state index contributed by atoms with van der Waals surface area (Å²) in [7, 11) is 0. The summed E-state index contributed by atoms with van der Waals surface area (Å²) in [6.45, 7) is 9.44. The van der Waals surface area contributed by atoms with Crippen LogP contribution in [0.4, 0.5) is 0 Å². The van der Waals surface area contributed by atoms with Crippen LogP contribution in [0.2, 0.25) is 0 Å². The van der Waals surface area contributed by atoms with Crippen molar-refractivity contribution in [1.29, 1.82) is 0 Å².